The summed E-state index contributed by atoms with van der Waals surface area (Å²) in [6.07, 6.45) is 4.38. The zero-order valence-corrected chi connectivity index (χ0v) is 12.9. The predicted molar refractivity (Wildman–Crippen MR) is 79.7 cm³/mol. The van der Waals surface area contributed by atoms with Gasteiger partial charge in [-0.15, -0.1) is 24.8 Å². The van der Waals surface area contributed by atoms with E-state index in [0.29, 0.717) is 11.5 Å². The third-order valence-electron chi connectivity index (χ3n) is 2.68. The van der Waals surface area contributed by atoms with Crippen molar-refractivity contribution in [1.29, 1.82) is 0 Å². The molecule has 1 aliphatic rings. The van der Waals surface area contributed by atoms with E-state index in [9.17, 15) is 4.79 Å². The summed E-state index contributed by atoms with van der Waals surface area (Å²) < 4.78 is 0.822. The smallest absolute Gasteiger partial charge is 0.252 e. The van der Waals surface area contributed by atoms with Crippen molar-refractivity contribution in [3.63, 3.8) is 0 Å². The Morgan fingerprint density at radius 2 is 2.28 bits per heavy atom. The van der Waals surface area contributed by atoms with Gasteiger partial charge >= 0.3 is 0 Å². The van der Waals surface area contributed by atoms with Crippen molar-refractivity contribution >= 4 is 46.7 Å². The number of halogens is 3. The minimum atomic E-state index is -0.0549. The summed E-state index contributed by atoms with van der Waals surface area (Å²) in [4.78, 5) is 15.7. The van der Waals surface area contributed by atoms with Crippen LogP contribution in [0.1, 0.15) is 16.8 Å². The van der Waals surface area contributed by atoms with E-state index in [4.69, 9.17) is 0 Å². The van der Waals surface area contributed by atoms with Gasteiger partial charge < -0.3 is 10.6 Å². The Morgan fingerprint density at radius 3 is 2.89 bits per heavy atom. The highest BCUT2D eigenvalue weighted by molar-refractivity contribution is 9.10. The lowest BCUT2D eigenvalue weighted by Crippen LogP contribution is -2.30. The van der Waals surface area contributed by atoms with Gasteiger partial charge in [-0.05, 0) is 47.4 Å². The van der Waals surface area contributed by atoms with E-state index in [0.717, 1.165) is 30.5 Å². The van der Waals surface area contributed by atoms with Crippen LogP contribution in [0, 0.1) is 5.92 Å². The Hall–Kier alpha value is -0.360. The van der Waals surface area contributed by atoms with Crippen LogP contribution >= 0.6 is 40.7 Å². The van der Waals surface area contributed by atoms with Crippen LogP contribution in [-0.4, -0.2) is 30.5 Å². The number of rotatable bonds is 3. The van der Waals surface area contributed by atoms with Gasteiger partial charge in [0.25, 0.3) is 5.91 Å². The van der Waals surface area contributed by atoms with Crippen molar-refractivity contribution in [2.45, 2.75) is 6.42 Å². The first-order valence-electron chi connectivity index (χ1n) is 5.35. The molecule has 2 heterocycles. The molecular formula is C11H16BrCl2N3O. The molecule has 18 heavy (non-hydrogen) atoms. The predicted octanol–water partition coefficient (Wildman–Crippen LogP) is 2.03. The van der Waals surface area contributed by atoms with Crippen LogP contribution in [0.4, 0.5) is 0 Å². The van der Waals surface area contributed by atoms with Gasteiger partial charge in [0.05, 0.1) is 5.56 Å². The SMILES string of the molecule is Cl.Cl.O=C(NCC1CCNC1)c1cncc(Br)c1. The second-order valence-electron chi connectivity index (χ2n) is 3.96. The number of nitrogens with one attached hydrogen (secondary N) is 2. The topological polar surface area (TPSA) is 54.0 Å². The highest BCUT2D eigenvalue weighted by atomic mass is 79.9. The molecule has 1 aromatic rings. The molecule has 4 nitrogen and oxygen atoms in total. The van der Waals surface area contributed by atoms with Crippen LogP contribution < -0.4 is 10.6 Å². The zero-order valence-electron chi connectivity index (χ0n) is 9.69. The number of hydrogen-bond acceptors (Lipinski definition) is 3. The molecule has 1 amide bonds. The lowest BCUT2D eigenvalue weighted by atomic mass is 10.1. The molecule has 0 aliphatic carbocycles. The molecular weight excluding hydrogens is 341 g/mol. The standard InChI is InChI=1S/C11H14BrN3O.2ClH/c12-10-3-9(6-14-7-10)11(16)15-5-8-1-2-13-4-8;;/h3,6-8,13H,1-2,4-5H2,(H,15,16);2*1H. The normalized spacial score (nSPS) is 17.5. The van der Waals surface area contributed by atoms with Crippen molar-refractivity contribution in [2.75, 3.05) is 19.6 Å². The Bertz CT molecular complexity index is 386. The highest BCUT2D eigenvalue weighted by Crippen LogP contribution is 2.10. The maximum atomic E-state index is 11.8. The van der Waals surface area contributed by atoms with Crippen LogP contribution in [0.5, 0.6) is 0 Å². The van der Waals surface area contributed by atoms with E-state index in [1.165, 1.54) is 0 Å². The van der Waals surface area contributed by atoms with E-state index in [2.05, 4.69) is 31.5 Å². The summed E-state index contributed by atoms with van der Waals surface area (Å²) in [5.74, 6) is 0.504. The molecule has 0 bridgehead atoms. The van der Waals surface area contributed by atoms with Crippen molar-refractivity contribution in [1.82, 2.24) is 15.6 Å². The molecule has 2 rings (SSSR count). The van der Waals surface area contributed by atoms with Crippen molar-refractivity contribution in [3.8, 4) is 0 Å². The van der Waals surface area contributed by atoms with Crippen LogP contribution in [0.2, 0.25) is 0 Å². The summed E-state index contributed by atoms with van der Waals surface area (Å²) >= 11 is 3.30. The van der Waals surface area contributed by atoms with Crippen LogP contribution in [0.25, 0.3) is 0 Å². The first-order chi connectivity index (χ1) is 7.75. The van der Waals surface area contributed by atoms with E-state index >= 15 is 0 Å². The molecule has 0 saturated carbocycles. The Labute approximate surface area is 127 Å². The van der Waals surface area contributed by atoms with Crippen LogP contribution in [0.15, 0.2) is 22.9 Å². The van der Waals surface area contributed by atoms with Crippen LogP contribution in [-0.2, 0) is 0 Å². The first kappa shape index (κ1) is 17.6. The Kier molecular flexibility index (Phi) is 8.52. The molecule has 0 radical (unpaired) electrons. The molecule has 0 spiro atoms. The van der Waals surface area contributed by atoms with Gasteiger partial charge in [0.1, 0.15) is 0 Å². The first-order valence-corrected chi connectivity index (χ1v) is 6.14. The molecule has 1 unspecified atom stereocenters. The third kappa shape index (κ3) is 5.10. The van der Waals surface area contributed by atoms with E-state index in [1.54, 1.807) is 18.5 Å². The molecule has 1 atom stereocenters. The molecule has 1 aromatic heterocycles. The third-order valence-corrected chi connectivity index (χ3v) is 3.11. The molecule has 102 valence electrons. The summed E-state index contributed by atoms with van der Waals surface area (Å²) in [6, 6.07) is 1.77. The Morgan fingerprint density at radius 1 is 1.50 bits per heavy atom. The second kappa shape index (κ2) is 8.69. The highest BCUT2D eigenvalue weighted by Gasteiger charge is 2.15. The number of amides is 1. The largest absolute Gasteiger partial charge is 0.352 e. The number of hydrogen-bond donors (Lipinski definition) is 2. The summed E-state index contributed by atoms with van der Waals surface area (Å²) in [7, 11) is 0. The maximum absolute atomic E-state index is 11.8. The number of aromatic nitrogens is 1. The average molecular weight is 357 g/mol. The van der Waals surface area contributed by atoms with Crippen molar-refractivity contribution < 1.29 is 4.79 Å². The zero-order chi connectivity index (χ0) is 11.4. The number of carbonyl (C=O) groups excluding carboxylic acids is 1. The lowest BCUT2D eigenvalue weighted by molar-refractivity contribution is 0.0948. The van der Waals surface area contributed by atoms with Gasteiger partial charge in [-0.25, -0.2) is 0 Å². The molecule has 1 fully saturated rings. The van der Waals surface area contributed by atoms with Gasteiger partial charge in [-0.1, -0.05) is 0 Å². The summed E-state index contributed by atoms with van der Waals surface area (Å²) in [5.41, 5.74) is 0.598. The number of carbonyl (C=O) groups is 1. The minimum absolute atomic E-state index is 0. The molecule has 1 saturated heterocycles. The fourth-order valence-corrected chi connectivity index (χ4v) is 2.13. The van der Waals surface area contributed by atoms with Gasteiger partial charge in [0.15, 0.2) is 0 Å². The van der Waals surface area contributed by atoms with Crippen molar-refractivity contribution in [2.24, 2.45) is 5.92 Å². The van der Waals surface area contributed by atoms with E-state index < -0.39 is 0 Å². The van der Waals surface area contributed by atoms with Gasteiger partial charge in [0.2, 0.25) is 0 Å². The van der Waals surface area contributed by atoms with E-state index in [1.807, 2.05) is 0 Å². The van der Waals surface area contributed by atoms with Crippen molar-refractivity contribution in [3.05, 3.63) is 28.5 Å². The van der Waals surface area contributed by atoms with Gasteiger partial charge in [-0.3, -0.25) is 9.78 Å². The van der Waals surface area contributed by atoms with Gasteiger partial charge in [0, 0.05) is 23.4 Å². The molecule has 1 aliphatic heterocycles. The minimum Gasteiger partial charge on any atom is -0.352 e. The lowest BCUT2D eigenvalue weighted by Gasteiger charge is -2.09. The van der Waals surface area contributed by atoms with Gasteiger partial charge in [-0.2, -0.15) is 0 Å². The Balaban J connectivity index is 0.00000144. The quantitative estimate of drug-likeness (QED) is 0.871. The average Bonchev–Trinajstić information content (AvgIpc) is 2.78. The number of nitrogens with zero attached hydrogens (tertiary/aromatic N) is 1. The summed E-state index contributed by atoms with van der Waals surface area (Å²) in [5, 5.41) is 6.20. The fourth-order valence-electron chi connectivity index (χ4n) is 1.76. The van der Waals surface area contributed by atoms with Crippen LogP contribution in [0.3, 0.4) is 0 Å². The maximum Gasteiger partial charge on any atom is 0.252 e. The molecule has 2 N–H and O–H groups in total. The molecule has 0 aromatic carbocycles. The fraction of sp³-hybridized carbons (Fsp3) is 0.455. The second-order valence-corrected chi connectivity index (χ2v) is 4.88. The number of pyridine rings is 1. The summed E-state index contributed by atoms with van der Waals surface area (Å²) in [6.45, 7) is 2.79. The van der Waals surface area contributed by atoms with E-state index in [-0.39, 0.29) is 30.7 Å². The molecule has 7 heteroatoms. The monoisotopic (exact) mass is 355 g/mol.